The van der Waals surface area contributed by atoms with Gasteiger partial charge in [0.25, 0.3) is 11.8 Å². The van der Waals surface area contributed by atoms with Crippen LogP contribution in [0.5, 0.6) is 0 Å². The third-order valence-electron chi connectivity index (χ3n) is 4.73. The van der Waals surface area contributed by atoms with E-state index in [0.29, 0.717) is 17.7 Å². The number of aromatic nitrogens is 3. The minimum absolute atomic E-state index is 0.0806. The number of nitrogen functional groups attached to an aromatic ring is 1. The number of hydrogen-bond donors (Lipinski definition) is 4. The van der Waals surface area contributed by atoms with Crippen molar-refractivity contribution < 1.29 is 24.7 Å². The van der Waals surface area contributed by atoms with Crippen molar-refractivity contribution in [3.05, 3.63) is 41.0 Å². The molecule has 2 aromatic rings. The molecule has 1 saturated heterocycles. The quantitative estimate of drug-likeness (QED) is 0.201. The van der Waals surface area contributed by atoms with Crippen molar-refractivity contribution in [1.82, 2.24) is 24.6 Å². The van der Waals surface area contributed by atoms with E-state index in [1.54, 1.807) is 24.5 Å². The average Bonchev–Trinajstić information content (AvgIpc) is 3.18. The van der Waals surface area contributed by atoms with Gasteiger partial charge in [-0.1, -0.05) is 16.9 Å². The molecule has 0 bridgehead atoms. The number of nitrogens with zero attached hydrogens (tertiary/aromatic N) is 5. The number of allylic oxidation sites excluding steroid dienone is 1. The number of anilines is 1. The lowest BCUT2D eigenvalue weighted by Crippen LogP contribution is -2.72. The molecule has 5 N–H and O–H groups in total. The van der Waals surface area contributed by atoms with E-state index in [1.807, 2.05) is 0 Å². The first-order chi connectivity index (χ1) is 14.9. The lowest BCUT2D eigenvalue weighted by Gasteiger charge is -2.50. The van der Waals surface area contributed by atoms with Gasteiger partial charge in [0.1, 0.15) is 11.7 Å². The van der Waals surface area contributed by atoms with Gasteiger partial charge in [0.15, 0.2) is 5.13 Å². The molecule has 14 heteroatoms. The van der Waals surface area contributed by atoms with Gasteiger partial charge in [-0.3, -0.25) is 19.5 Å². The number of carbonyl (C=O) groups excluding carboxylic acids is 2. The first kappa shape index (κ1) is 20.7. The Labute approximate surface area is 183 Å². The van der Waals surface area contributed by atoms with Gasteiger partial charge in [0, 0.05) is 33.7 Å². The molecule has 4 heterocycles. The van der Waals surface area contributed by atoms with Gasteiger partial charge in [0.05, 0.1) is 6.04 Å². The summed E-state index contributed by atoms with van der Waals surface area (Å²) in [5, 5.41) is 24.4. The predicted molar refractivity (Wildman–Crippen MR) is 109 cm³/mol. The molecule has 0 aliphatic carbocycles. The first-order valence-electron chi connectivity index (χ1n) is 8.90. The summed E-state index contributed by atoms with van der Waals surface area (Å²) >= 11 is 2.06. The molecule has 2 aliphatic rings. The van der Waals surface area contributed by atoms with E-state index in [4.69, 9.17) is 5.73 Å². The lowest BCUT2D eigenvalue weighted by atomic mass is 9.86. The van der Waals surface area contributed by atoms with E-state index in [-0.39, 0.29) is 16.7 Å². The molecular formula is C17H15N7O5S2. The minimum Gasteiger partial charge on any atom is -0.477 e. The number of carboxylic acids is 1. The van der Waals surface area contributed by atoms with Crippen LogP contribution in [0.15, 0.2) is 45.2 Å². The van der Waals surface area contributed by atoms with Gasteiger partial charge < -0.3 is 21.4 Å². The Bertz CT molecular complexity index is 1120. The highest BCUT2D eigenvalue weighted by Crippen LogP contribution is 2.42. The highest BCUT2D eigenvalue weighted by Gasteiger charge is 2.53. The molecule has 2 atom stereocenters. The highest BCUT2D eigenvalue weighted by atomic mass is 32.2. The fourth-order valence-electron chi connectivity index (χ4n) is 3.41. The molecule has 4 rings (SSSR count). The van der Waals surface area contributed by atoms with E-state index < -0.39 is 35.6 Å². The normalized spacial score (nSPS) is 20.8. The van der Waals surface area contributed by atoms with Crippen molar-refractivity contribution in [2.45, 2.75) is 29.8 Å². The molecule has 12 nitrogen and oxygen atoms in total. The number of oxime groups is 1. The van der Waals surface area contributed by atoms with Crippen LogP contribution in [-0.4, -0.2) is 65.1 Å². The minimum atomic E-state index is -1.23. The van der Waals surface area contributed by atoms with Crippen LogP contribution in [-0.2, 0) is 14.4 Å². The SMILES string of the molecule is Nc1nc(/C(=N/O)C(=O)N[C@@H]2C(=O)N3C(C(=O)O)=C(Sc4cccnc4)CC[C@H]23)ns1. The van der Waals surface area contributed by atoms with Crippen molar-refractivity contribution in [2.75, 3.05) is 5.73 Å². The third-order valence-corrected chi connectivity index (χ3v) is 6.39. The Morgan fingerprint density at radius 1 is 1.42 bits per heavy atom. The maximum atomic E-state index is 12.7. The van der Waals surface area contributed by atoms with Crippen LogP contribution in [0.3, 0.4) is 0 Å². The molecule has 2 aliphatic heterocycles. The van der Waals surface area contributed by atoms with Crippen LogP contribution < -0.4 is 11.1 Å². The number of β-lactam (4-membered cyclic amide) rings is 1. The van der Waals surface area contributed by atoms with Gasteiger partial charge >= 0.3 is 5.97 Å². The summed E-state index contributed by atoms with van der Waals surface area (Å²) in [6, 6.07) is 2.04. The van der Waals surface area contributed by atoms with E-state index >= 15 is 0 Å². The summed E-state index contributed by atoms with van der Waals surface area (Å²) in [4.78, 5) is 47.4. The van der Waals surface area contributed by atoms with Gasteiger partial charge in [-0.15, -0.1) is 0 Å². The summed E-state index contributed by atoms with van der Waals surface area (Å²) in [5.74, 6) is -2.83. The number of carboxylic acid groups (broad SMARTS) is 1. The second kappa shape index (κ2) is 8.31. The summed E-state index contributed by atoms with van der Waals surface area (Å²) in [5.41, 5.74) is 4.89. The van der Waals surface area contributed by atoms with Crippen LogP contribution in [0.25, 0.3) is 0 Å². The van der Waals surface area contributed by atoms with Crippen LogP contribution in [0.2, 0.25) is 0 Å². The second-order valence-corrected chi connectivity index (χ2v) is 8.49. The van der Waals surface area contributed by atoms with E-state index in [0.717, 1.165) is 16.4 Å². The fourth-order valence-corrected chi connectivity index (χ4v) is 4.89. The number of aliphatic carboxylic acids is 1. The predicted octanol–water partition coefficient (Wildman–Crippen LogP) is 0.272. The Hall–Kier alpha value is -3.52. The zero-order chi connectivity index (χ0) is 22.1. The summed E-state index contributed by atoms with van der Waals surface area (Å²) in [6.45, 7) is 0. The molecule has 1 fully saturated rings. The number of rotatable bonds is 6. The molecule has 160 valence electrons. The van der Waals surface area contributed by atoms with Gasteiger partial charge in [0.2, 0.25) is 11.5 Å². The summed E-state index contributed by atoms with van der Waals surface area (Å²) in [6.07, 6.45) is 4.08. The zero-order valence-corrected chi connectivity index (χ0v) is 17.3. The largest absolute Gasteiger partial charge is 0.477 e. The first-order valence-corrected chi connectivity index (χ1v) is 10.5. The van der Waals surface area contributed by atoms with Crippen molar-refractivity contribution >= 4 is 51.9 Å². The second-order valence-electron chi connectivity index (χ2n) is 6.54. The molecule has 0 saturated carbocycles. The maximum Gasteiger partial charge on any atom is 0.353 e. The highest BCUT2D eigenvalue weighted by molar-refractivity contribution is 8.03. The van der Waals surface area contributed by atoms with E-state index in [2.05, 4.69) is 24.8 Å². The zero-order valence-electron chi connectivity index (χ0n) is 15.6. The summed E-state index contributed by atoms with van der Waals surface area (Å²) < 4.78 is 3.81. The van der Waals surface area contributed by atoms with Gasteiger partial charge in [-0.25, -0.2) is 4.79 Å². The topological polar surface area (TPSA) is 184 Å². The number of nitrogens with one attached hydrogen (secondary N) is 1. The van der Waals surface area contributed by atoms with Crippen molar-refractivity contribution in [3.8, 4) is 0 Å². The number of amides is 2. The van der Waals surface area contributed by atoms with Gasteiger partial charge in [-0.2, -0.15) is 9.36 Å². The molecule has 2 aromatic heterocycles. The number of thioether (sulfide) groups is 1. The average molecular weight is 461 g/mol. The number of pyridine rings is 1. The maximum absolute atomic E-state index is 12.7. The third kappa shape index (κ3) is 3.82. The molecule has 0 radical (unpaired) electrons. The van der Waals surface area contributed by atoms with Crippen LogP contribution in [0.4, 0.5) is 5.13 Å². The fraction of sp³-hybridized carbons (Fsp3) is 0.235. The summed E-state index contributed by atoms with van der Waals surface area (Å²) in [7, 11) is 0. The molecule has 31 heavy (non-hydrogen) atoms. The van der Waals surface area contributed by atoms with Crippen molar-refractivity contribution in [1.29, 1.82) is 0 Å². The Morgan fingerprint density at radius 2 is 2.23 bits per heavy atom. The molecular weight excluding hydrogens is 446 g/mol. The van der Waals surface area contributed by atoms with E-state index in [1.165, 1.54) is 16.7 Å². The smallest absolute Gasteiger partial charge is 0.353 e. The molecule has 0 unspecified atom stereocenters. The van der Waals surface area contributed by atoms with Crippen LogP contribution >= 0.6 is 23.3 Å². The standard InChI is InChI=1S/C17H15N7O5S2/c18-17-21-13(23-31-17)11(22-29)14(25)20-10-8-3-4-9(30-7-2-1-5-19-6-7)12(16(27)28)24(8)15(10)26/h1-2,5-6,8,10,29H,3-4H2,(H,20,25)(H,27,28)(H2,18,21,23)/b22-11-/t8-,10+/m1/s1. The van der Waals surface area contributed by atoms with E-state index in [9.17, 15) is 24.7 Å². The van der Waals surface area contributed by atoms with Crippen LogP contribution in [0.1, 0.15) is 18.7 Å². The van der Waals surface area contributed by atoms with Crippen molar-refractivity contribution in [3.63, 3.8) is 0 Å². The molecule has 2 amide bonds. The van der Waals surface area contributed by atoms with Crippen molar-refractivity contribution in [2.24, 2.45) is 5.16 Å². The number of carbonyl (C=O) groups is 3. The molecule has 0 spiro atoms. The Morgan fingerprint density at radius 3 is 2.84 bits per heavy atom. The molecule has 0 aromatic carbocycles. The number of fused-ring (bicyclic) bond motifs is 1. The number of nitrogens with two attached hydrogens (primary N) is 1. The monoisotopic (exact) mass is 461 g/mol. The van der Waals surface area contributed by atoms with Crippen LogP contribution in [0, 0.1) is 0 Å². The Kier molecular flexibility index (Phi) is 5.56. The Balaban J connectivity index is 1.52. The lowest BCUT2D eigenvalue weighted by molar-refractivity contribution is -0.155. The van der Waals surface area contributed by atoms with Gasteiger partial charge in [-0.05, 0) is 25.0 Å². The number of hydrogen-bond acceptors (Lipinski definition) is 11.